The van der Waals surface area contributed by atoms with Crippen molar-refractivity contribution in [1.29, 1.82) is 0 Å². The zero-order valence-electron chi connectivity index (χ0n) is 13.5. The van der Waals surface area contributed by atoms with Gasteiger partial charge in [0.1, 0.15) is 0 Å². The van der Waals surface area contributed by atoms with E-state index in [9.17, 15) is 9.90 Å². The van der Waals surface area contributed by atoms with Gasteiger partial charge < -0.3 is 5.11 Å². The fraction of sp³-hybridized carbons (Fsp3) is 0.158. The molecule has 0 saturated carbocycles. The van der Waals surface area contributed by atoms with E-state index < -0.39 is 5.97 Å². The summed E-state index contributed by atoms with van der Waals surface area (Å²) in [7, 11) is 1.87. The van der Waals surface area contributed by atoms with Crippen molar-refractivity contribution in [2.75, 3.05) is 0 Å². The average molecular weight is 319 g/mol. The lowest BCUT2D eigenvalue weighted by Crippen LogP contribution is -1.98. The number of benzene rings is 2. The van der Waals surface area contributed by atoms with Crippen LogP contribution in [-0.4, -0.2) is 25.4 Å². The maximum atomic E-state index is 11.3. The molecular formula is C19H17N3O2. The summed E-state index contributed by atoms with van der Waals surface area (Å²) in [6.45, 7) is 2.13. The van der Waals surface area contributed by atoms with Gasteiger partial charge in [-0.15, -0.1) is 0 Å². The second kappa shape index (κ2) is 5.23. The van der Waals surface area contributed by atoms with Gasteiger partial charge in [0.05, 0.1) is 11.1 Å². The maximum Gasteiger partial charge on any atom is 0.335 e. The SMILES string of the molecule is CCc1ccc(-n2c3ccc(C(=O)O)cc3c3cn(C)nc32)cc1. The van der Waals surface area contributed by atoms with Gasteiger partial charge >= 0.3 is 5.97 Å². The van der Waals surface area contributed by atoms with Crippen molar-refractivity contribution in [2.24, 2.45) is 7.05 Å². The van der Waals surface area contributed by atoms with Crippen molar-refractivity contribution in [2.45, 2.75) is 13.3 Å². The molecule has 24 heavy (non-hydrogen) atoms. The molecule has 0 bridgehead atoms. The van der Waals surface area contributed by atoms with Gasteiger partial charge in [-0.3, -0.25) is 9.25 Å². The highest BCUT2D eigenvalue weighted by Gasteiger charge is 2.17. The Morgan fingerprint density at radius 1 is 1.12 bits per heavy atom. The van der Waals surface area contributed by atoms with Gasteiger partial charge in [0, 0.05) is 29.7 Å². The van der Waals surface area contributed by atoms with Crippen LogP contribution in [0.5, 0.6) is 0 Å². The first-order valence-electron chi connectivity index (χ1n) is 7.89. The number of aromatic carboxylic acids is 1. The lowest BCUT2D eigenvalue weighted by atomic mass is 10.1. The second-order valence-corrected chi connectivity index (χ2v) is 5.93. The van der Waals surface area contributed by atoms with Crippen molar-refractivity contribution in [1.82, 2.24) is 14.3 Å². The Hall–Kier alpha value is -3.08. The summed E-state index contributed by atoms with van der Waals surface area (Å²) in [5.74, 6) is -0.922. The largest absolute Gasteiger partial charge is 0.478 e. The Bertz CT molecular complexity index is 1070. The van der Waals surface area contributed by atoms with Crippen LogP contribution < -0.4 is 0 Å². The number of hydrogen-bond donors (Lipinski definition) is 1. The summed E-state index contributed by atoms with van der Waals surface area (Å²) in [5.41, 5.74) is 4.38. The fourth-order valence-electron chi connectivity index (χ4n) is 3.17. The van der Waals surface area contributed by atoms with Crippen molar-refractivity contribution in [3.63, 3.8) is 0 Å². The number of rotatable bonds is 3. The number of carboxylic acids is 1. The van der Waals surface area contributed by atoms with Crippen LogP contribution in [0.2, 0.25) is 0 Å². The zero-order valence-corrected chi connectivity index (χ0v) is 13.5. The number of fused-ring (bicyclic) bond motifs is 3. The van der Waals surface area contributed by atoms with Crippen LogP contribution in [0.15, 0.2) is 48.7 Å². The molecule has 0 unspecified atom stereocenters. The van der Waals surface area contributed by atoms with Gasteiger partial charge in [-0.2, -0.15) is 5.10 Å². The first kappa shape index (κ1) is 14.5. The fourth-order valence-corrected chi connectivity index (χ4v) is 3.17. The highest BCUT2D eigenvalue weighted by molar-refractivity contribution is 6.09. The van der Waals surface area contributed by atoms with Gasteiger partial charge in [-0.1, -0.05) is 19.1 Å². The molecule has 4 rings (SSSR count). The normalized spacial score (nSPS) is 11.4. The molecule has 0 fully saturated rings. The monoisotopic (exact) mass is 319 g/mol. The second-order valence-electron chi connectivity index (χ2n) is 5.93. The number of carboxylic acid groups (broad SMARTS) is 1. The Labute approximate surface area is 138 Å². The number of aryl methyl sites for hydroxylation is 2. The lowest BCUT2D eigenvalue weighted by Gasteiger charge is -2.07. The standard InChI is InChI=1S/C19H17N3O2/c1-3-12-4-7-14(8-5-12)22-17-9-6-13(19(23)24)10-15(17)16-11-21(2)20-18(16)22/h4-11H,3H2,1-2H3,(H,23,24). The Morgan fingerprint density at radius 3 is 2.54 bits per heavy atom. The number of hydrogen-bond acceptors (Lipinski definition) is 2. The van der Waals surface area contributed by atoms with E-state index in [1.54, 1.807) is 16.8 Å². The first-order valence-corrected chi connectivity index (χ1v) is 7.89. The van der Waals surface area contributed by atoms with Crippen molar-refractivity contribution >= 4 is 27.9 Å². The molecule has 0 aliphatic carbocycles. The van der Waals surface area contributed by atoms with Crippen LogP contribution >= 0.6 is 0 Å². The van der Waals surface area contributed by atoms with Crippen molar-refractivity contribution in [3.05, 3.63) is 59.8 Å². The smallest absolute Gasteiger partial charge is 0.335 e. The molecule has 0 spiro atoms. The summed E-state index contributed by atoms with van der Waals surface area (Å²) in [6, 6.07) is 13.6. The molecule has 0 aliphatic rings. The van der Waals surface area contributed by atoms with Crippen LogP contribution in [-0.2, 0) is 13.5 Å². The van der Waals surface area contributed by atoms with Crippen LogP contribution in [0, 0.1) is 0 Å². The Kier molecular flexibility index (Phi) is 3.16. The molecule has 4 aromatic rings. The van der Waals surface area contributed by atoms with Gasteiger partial charge in [-0.25, -0.2) is 4.79 Å². The molecule has 0 atom stereocenters. The topological polar surface area (TPSA) is 60.1 Å². The number of aromatic nitrogens is 3. The summed E-state index contributed by atoms with van der Waals surface area (Å²) in [5, 5.41) is 15.7. The molecule has 0 saturated heterocycles. The summed E-state index contributed by atoms with van der Waals surface area (Å²) >= 11 is 0. The van der Waals surface area contributed by atoms with E-state index >= 15 is 0 Å². The number of carbonyl (C=O) groups is 1. The van der Waals surface area contributed by atoms with E-state index in [0.717, 1.165) is 34.0 Å². The third-order valence-corrected chi connectivity index (χ3v) is 4.40. The highest BCUT2D eigenvalue weighted by atomic mass is 16.4. The van der Waals surface area contributed by atoms with Crippen molar-refractivity contribution in [3.8, 4) is 5.69 Å². The minimum Gasteiger partial charge on any atom is -0.478 e. The average Bonchev–Trinajstić information content (AvgIpc) is 3.09. The molecule has 0 amide bonds. The maximum absolute atomic E-state index is 11.3. The third kappa shape index (κ3) is 2.09. The zero-order chi connectivity index (χ0) is 16.8. The predicted molar refractivity (Wildman–Crippen MR) is 93.9 cm³/mol. The molecule has 2 aromatic carbocycles. The summed E-state index contributed by atoms with van der Waals surface area (Å²) < 4.78 is 3.84. The van der Waals surface area contributed by atoms with E-state index in [0.29, 0.717) is 0 Å². The van der Waals surface area contributed by atoms with Gasteiger partial charge in [0.15, 0.2) is 5.65 Å². The Balaban J connectivity index is 2.06. The third-order valence-electron chi connectivity index (χ3n) is 4.40. The molecule has 2 aromatic heterocycles. The molecule has 0 radical (unpaired) electrons. The van der Waals surface area contributed by atoms with Gasteiger partial charge in [0.25, 0.3) is 0 Å². The van der Waals surface area contributed by atoms with Crippen LogP contribution in [0.1, 0.15) is 22.8 Å². The minimum atomic E-state index is -0.922. The molecule has 5 heteroatoms. The van der Waals surface area contributed by atoms with E-state index in [-0.39, 0.29) is 5.56 Å². The molecular weight excluding hydrogens is 302 g/mol. The van der Waals surface area contributed by atoms with E-state index in [2.05, 4.69) is 40.9 Å². The molecule has 2 heterocycles. The van der Waals surface area contributed by atoms with Crippen LogP contribution in [0.25, 0.3) is 27.6 Å². The highest BCUT2D eigenvalue weighted by Crippen LogP contribution is 2.32. The van der Waals surface area contributed by atoms with Crippen molar-refractivity contribution < 1.29 is 9.90 Å². The van der Waals surface area contributed by atoms with Crippen LogP contribution in [0.3, 0.4) is 0 Å². The van der Waals surface area contributed by atoms with E-state index in [1.807, 2.05) is 19.3 Å². The van der Waals surface area contributed by atoms with Gasteiger partial charge in [0.2, 0.25) is 0 Å². The molecule has 1 N–H and O–H groups in total. The Morgan fingerprint density at radius 2 is 1.88 bits per heavy atom. The number of nitrogens with zero attached hydrogens (tertiary/aromatic N) is 3. The van der Waals surface area contributed by atoms with E-state index in [1.165, 1.54) is 5.56 Å². The molecule has 5 nitrogen and oxygen atoms in total. The van der Waals surface area contributed by atoms with E-state index in [4.69, 9.17) is 0 Å². The van der Waals surface area contributed by atoms with Gasteiger partial charge in [-0.05, 0) is 42.3 Å². The molecule has 120 valence electrons. The first-order chi connectivity index (χ1) is 11.6. The lowest BCUT2D eigenvalue weighted by molar-refractivity contribution is 0.0697. The minimum absolute atomic E-state index is 0.284. The van der Waals surface area contributed by atoms with Crippen LogP contribution in [0.4, 0.5) is 0 Å². The summed E-state index contributed by atoms with van der Waals surface area (Å²) in [4.78, 5) is 11.3. The summed E-state index contributed by atoms with van der Waals surface area (Å²) in [6.07, 6.45) is 2.92. The molecule has 0 aliphatic heterocycles. The quantitative estimate of drug-likeness (QED) is 0.625. The predicted octanol–water partition coefficient (Wildman–Crippen LogP) is 3.78.